The Bertz CT molecular complexity index is 3400. The number of hydrogen-bond acceptors (Lipinski definition) is 3. The number of anilines is 6. The molecule has 0 unspecified atom stereocenters. The summed E-state index contributed by atoms with van der Waals surface area (Å²) in [6, 6.07) is 42.8. The Morgan fingerprint density at radius 3 is 1.42 bits per heavy atom. The molecule has 0 atom stereocenters. The highest BCUT2D eigenvalue weighted by Crippen LogP contribution is 2.54. The van der Waals surface area contributed by atoms with Gasteiger partial charge in [-0.05, 0) is 195 Å². The second kappa shape index (κ2) is 16.2. The third-order valence-electron chi connectivity index (χ3n) is 18.6. The van der Waals surface area contributed by atoms with Crippen LogP contribution < -0.4 is 26.2 Å². The predicted octanol–water partition coefficient (Wildman–Crippen LogP) is 18.5. The maximum Gasteiger partial charge on any atom is 0.254 e. The summed E-state index contributed by atoms with van der Waals surface area (Å²) in [5.41, 5.74) is 24.9. The second-order valence-electron chi connectivity index (χ2n) is 30.1. The maximum atomic E-state index is 2.75. The fourth-order valence-corrected chi connectivity index (χ4v) is 14.5. The molecule has 4 aliphatic rings. The van der Waals surface area contributed by atoms with Crippen molar-refractivity contribution in [1.82, 2.24) is 0 Å². The van der Waals surface area contributed by atoms with Crippen LogP contribution in [-0.4, -0.2) is 6.71 Å². The summed E-state index contributed by atoms with van der Waals surface area (Å²) >= 11 is 1.99. The highest BCUT2D eigenvalue weighted by molar-refractivity contribution is 7.26. The van der Waals surface area contributed by atoms with Crippen LogP contribution in [0.15, 0.2) is 103 Å². The molecule has 74 heavy (non-hydrogen) atoms. The maximum absolute atomic E-state index is 2.75. The van der Waals surface area contributed by atoms with Crippen LogP contribution in [0.1, 0.15) is 209 Å². The Morgan fingerprint density at radius 2 is 0.878 bits per heavy atom. The molecule has 2 nitrogen and oxygen atoms in total. The zero-order chi connectivity index (χ0) is 53.4. The van der Waals surface area contributed by atoms with Gasteiger partial charge in [-0.2, -0.15) is 0 Å². The molecule has 2 aliphatic heterocycles. The van der Waals surface area contributed by atoms with E-state index >= 15 is 0 Å². The van der Waals surface area contributed by atoms with Gasteiger partial charge in [0.25, 0.3) is 6.71 Å². The lowest BCUT2D eigenvalue weighted by molar-refractivity contribution is 0.332. The van der Waals surface area contributed by atoms with Crippen LogP contribution >= 0.6 is 11.3 Å². The summed E-state index contributed by atoms with van der Waals surface area (Å²) in [7, 11) is 0. The Labute approximate surface area is 451 Å². The zero-order valence-corrected chi connectivity index (χ0v) is 49.8. The van der Waals surface area contributed by atoms with Crippen molar-refractivity contribution in [2.75, 3.05) is 9.80 Å². The van der Waals surface area contributed by atoms with Crippen LogP contribution in [0.3, 0.4) is 0 Å². The molecule has 6 aromatic carbocycles. The number of nitrogens with zero attached hydrogens (tertiary/aromatic N) is 2. The van der Waals surface area contributed by atoms with Gasteiger partial charge in [0.05, 0.1) is 5.00 Å². The van der Waals surface area contributed by atoms with Crippen LogP contribution in [0.2, 0.25) is 0 Å². The molecule has 0 fully saturated rings. The molecule has 0 saturated carbocycles. The molecule has 3 heterocycles. The van der Waals surface area contributed by atoms with Gasteiger partial charge in [0.1, 0.15) is 0 Å². The van der Waals surface area contributed by atoms with Gasteiger partial charge in [0, 0.05) is 33.1 Å². The van der Waals surface area contributed by atoms with E-state index in [0.717, 1.165) is 6.42 Å². The van der Waals surface area contributed by atoms with Gasteiger partial charge in [-0.1, -0.05) is 193 Å². The fraction of sp³-hybridized carbons (Fsp3) is 0.457. The van der Waals surface area contributed by atoms with Crippen LogP contribution in [0.4, 0.5) is 33.4 Å². The smallest absolute Gasteiger partial charge is 0.254 e. The molecule has 2 aliphatic carbocycles. The van der Waals surface area contributed by atoms with Gasteiger partial charge in [-0.3, -0.25) is 0 Å². The Morgan fingerprint density at radius 1 is 0.392 bits per heavy atom. The van der Waals surface area contributed by atoms with E-state index in [4.69, 9.17) is 0 Å². The fourth-order valence-electron chi connectivity index (χ4n) is 13.2. The summed E-state index contributed by atoms with van der Waals surface area (Å²) < 4.78 is 1.35. The van der Waals surface area contributed by atoms with E-state index in [1.807, 2.05) is 11.3 Å². The summed E-state index contributed by atoms with van der Waals surface area (Å²) in [6.07, 6.45) is 4.71. The first-order chi connectivity index (χ1) is 34.2. The van der Waals surface area contributed by atoms with Crippen LogP contribution in [-0.2, 0) is 43.3 Å². The Balaban J connectivity index is 1.33. The zero-order valence-electron chi connectivity index (χ0n) is 49.0. The number of rotatable bonds is 3. The summed E-state index contributed by atoms with van der Waals surface area (Å²) in [5.74, 6) is 0. The van der Waals surface area contributed by atoms with E-state index in [2.05, 4.69) is 251 Å². The first-order valence-electron chi connectivity index (χ1n) is 28.1. The average molecular weight is 997 g/mol. The third-order valence-corrected chi connectivity index (χ3v) is 19.8. The molecule has 0 bridgehead atoms. The topological polar surface area (TPSA) is 6.48 Å². The van der Waals surface area contributed by atoms with Gasteiger partial charge in [0.2, 0.25) is 0 Å². The summed E-state index contributed by atoms with van der Waals surface area (Å²) in [6.45, 7) is 48.3. The second-order valence-corrected chi connectivity index (χ2v) is 31.2. The quantitative estimate of drug-likeness (QED) is 0.163. The van der Waals surface area contributed by atoms with Crippen LogP contribution in [0, 0.1) is 0 Å². The standard InChI is InChI=1S/C70H85BN2S/c1-63(2,3)44-22-25-48(26-23-44)73-58-35-43(42-21-27-51-52(33-42)68(15,16)30-29-67(51,13)14)34-57-61(58)71(60-50-39-45(64(4,5)6)24-28-59(50)74-62(60)73)55-40-53-54(70(19,20)32-31-69(53,17)18)41-56(55)72(57)49-37-46(65(7,8)9)36-47(38-49)66(10,11)12/h21-28,33-41H,29-32H2,1-20H3. The number of hydrogen-bond donors (Lipinski definition) is 0. The van der Waals surface area contributed by atoms with Crippen molar-refractivity contribution in [2.24, 2.45) is 0 Å². The SMILES string of the molecule is CC(C)(C)c1ccc(N2c3cc(-c4ccc5c(c4)C(C)(C)CCC5(C)C)cc4c3B(c3cc5c(cc3N4c3cc(C(C)(C)C)cc(C(C)(C)C)c3)C(C)(C)CCC5(C)C)c3c2sc2ccc(C(C)(C)C)cc32)cc1. The average Bonchev–Trinajstić information content (AvgIpc) is 3.71. The van der Waals surface area contributed by atoms with E-state index in [1.165, 1.54) is 135 Å². The highest BCUT2D eigenvalue weighted by atomic mass is 32.1. The van der Waals surface area contributed by atoms with E-state index in [0.29, 0.717) is 0 Å². The van der Waals surface area contributed by atoms with Crippen molar-refractivity contribution in [3.05, 3.63) is 148 Å². The Hall–Kier alpha value is -5.06. The summed E-state index contributed by atoms with van der Waals surface area (Å²) in [4.78, 5) is 5.44. The van der Waals surface area contributed by atoms with Gasteiger partial charge in [0.15, 0.2) is 0 Å². The van der Waals surface area contributed by atoms with Crippen molar-refractivity contribution in [1.29, 1.82) is 0 Å². The van der Waals surface area contributed by atoms with Crippen LogP contribution in [0.25, 0.3) is 21.2 Å². The molecule has 7 aromatic rings. The molecule has 1 aromatic heterocycles. The largest absolute Gasteiger partial charge is 0.311 e. The van der Waals surface area contributed by atoms with Gasteiger partial charge < -0.3 is 9.80 Å². The minimum Gasteiger partial charge on any atom is -0.311 e. The van der Waals surface area contributed by atoms with Crippen molar-refractivity contribution < 1.29 is 0 Å². The minimum atomic E-state index is -0.0602. The molecular weight excluding hydrogens is 912 g/mol. The molecule has 0 radical (unpaired) electrons. The molecule has 0 saturated heterocycles. The van der Waals surface area contributed by atoms with Gasteiger partial charge in [-0.15, -0.1) is 11.3 Å². The number of benzene rings is 6. The van der Waals surface area contributed by atoms with Gasteiger partial charge in [-0.25, -0.2) is 0 Å². The third kappa shape index (κ3) is 8.15. The predicted molar refractivity (Wildman–Crippen MR) is 327 cm³/mol. The lowest BCUT2D eigenvalue weighted by Gasteiger charge is -2.47. The lowest BCUT2D eigenvalue weighted by atomic mass is 9.33. The monoisotopic (exact) mass is 997 g/mol. The number of fused-ring (bicyclic) bond motifs is 8. The molecular formula is C70H85BN2S. The molecule has 384 valence electrons. The minimum absolute atomic E-state index is 0.00441. The first kappa shape index (κ1) is 51.1. The van der Waals surface area contributed by atoms with Crippen molar-refractivity contribution in [3.63, 3.8) is 0 Å². The van der Waals surface area contributed by atoms with Crippen LogP contribution in [0.5, 0.6) is 0 Å². The Kier molecular flexibility index (Phi) is 11.2. The van der Waals surface area contributed by atoms with E-state index in [1.54, 1.807) is 0 Å². The first-order valence-corrected chi connectivity index (χ1v) is 28.9. The van der Waals surface area contributed by atoms with E-state index in [-0.39, 0.29) is 50.0 Å². The summed E-state index contributed by atoms with van der Waals surface area (Å²) in [5, 5.41) is 2.73. The molecule has 0 amide bonds. The number of thiophene rings is 1. The molecule has 11 rings (SSSR count). The van der Waals surface area contributed by atoms with Crippen molar-refractivity contribution >= 4 is 78.0 Å². The van der Waals surface area contributed by atoms with E-state index in [9.17, 15) is 0 Å². The molecule has 0 N–H and O–H groups in total. The van der Waals surface area contributed by atoms with Crippen molar-refractivity contribution in [2.45, 2.75) is 207 Å². The van der Waals surface area contributed by atoms with Crippen molar-refractivity contribution in [3.8, 4) is 11.1 Å². The normalized spacial score (nSPS) is 18.4. The lowest BCUT2D eigenvalue weighted by Crippen LogP contribution is -2.61. The van der Waals surface area contributed by atoms with E-state index < -0.39 is 0 Å². The highest BCUT2D eigenvalue weighted by Gasteiger charge is 2.49. The van der Waals surface area contributed by atoms with Gasteiger partial charge >= 0.3 is 0 Å². The molecule has 4 heteroatoms. The molecule has 0 spiro atoms.